The maximum absolute atomic E-state index is 15.4. The Balaban J connectivity index is 1.74. The van der Waals surface area contributed by atoms with E-state index in [4.69, 9.17) is 16.3 Å². The standard InChI is InChI=1S/C24H29ClFN3O5/c1-24(2,3)34-23(33)27-13-6-4-5-9-28(11-13)20-17(26)10-15-19(18(20)25)29(14-7-8-14)12-16(21(15)30)22(31)32/h10,12-14H,4-9,11H2,1-3H3,(H,27,33)(H,31,32)/t13-/m1/s1. The molecule has 184 valence electrons. The molecule has 1 amide bonds. The number of rotatable bonds is 4. The average molecular weight is 494 g/mol. The molecule has 2 aromatic rings. The molecule has 1 atom stereocenters. The van der Waals surface area contributed by atoms with E-state index in [9.17, 15) is 19.5 Å². The largest absolute Gasteiger partial charge is 0.477 e. The summed E-state index contributed by atoms with van der Waals surface area (Å²) >= 11 is 6.75. The van der Waals surface area contributed by atoms with Crippen LogP contribution in [-0.2, 0) is 4.74 Å². The number of amides is 1. The number of fused-ring (bicyclic) bond motifs is 1. The van der Waals surface area contributed by atoms with Gasteiger partial charge in [0.2, 0.25) is 5.43 Å². The maximum Gasteiger partial charge on any atom is 0.407 e. The Kier molecular flexibility index (Phi) is 6.50. The van der Waals surface area contributed by atoms with Crippen molar-refractivity contribution in [1.82, 2.24) is 9.88 Å². The number of nitrogens with zero attached hydrogens (tertiary/aromatic N) is 2. The summed E-state index contributed by atoms with van der Waals surface area (Å²) in [5, 5.41) is 12.4. The number of alkyl carbamates (subject to hydrolysis) is 1. The van der Waals surface area contributed by atoms with Crippen LogP contribution in [-0.4, -0.2) is 46.5 Å². The predicted octanol–water partition coefficient (Wildman–Crippen LogP) is 4.71. The molecule has 2 aliphatic rings. The van der Waals surface area contributed by atoms with Gasteiger partial charge in [-0.1, -0.05) is 11.6 Å². The number of carbonyl (C=O) groups excluding carboxylic acids is 1. The minimum Gasteiger partial charge on any atom is -0.477 e. The first-order valence-electron chi connectivity index (χ1n) is 11.5. The SMILES string of the molecule is CC(C)(C)OC(=O)N[C@@H]1CCCCN(c2c(F)cc3c(=O)c(C(=O)O)cn(C4CC4)c3c2Cl)C1. The molecule has 2 fully saturated rings. The molecule has 1 aliphatic carbocycles. The van der Waals surface area contributed by atoms with Crippen molar-refractivity contribution >= 4 is 40.3 Å². The summed E-state index contributed by atoms with van der Waals surface area (Å²) in [7, 11) is 0. The van der Waals surface area contributed by atoms with Gasteiger partial charge in [0.1, 0.15) is 17.0 Å². The monoisotopic (exact) mass is 493 g/mol. The number of aromatic carboxylic acids is 1. The summed E-state index contributed by atoms with van der Waals surface area (Å²) in [5.74, 6) is -2.05. The number of hydrogen-bond acceptors (Lipinski definition) is 5. The maximum atomic E-state index is 15.4. The van der Waals surface area contributed by atoms with Gasteiger partial charge in [-0.15, -0.1) is 0 Å². The molecule has 0 spiro atoms. The quantitative estimate of drug-likeness (QED) is 0.639. The molecule has 34 heavy (non-hydrogen) atoms. The minimum absolute atomic E-state index is 0.0164. The first-order valence-corrected chi connectivity index (χ1v) is 11.9. The topological polar surface area (TPSA) is 101 Å². The lowest BCUT2D eigenvalue weighted by Gasteiger charge is -2.29. The minimum atomic E-state index is -1.36. The molecule has 2 heterocycles. The zero-order valence-corrected chi connectivity index (χ0v) is 20.2. The van der Waals surface area contributed by atoms with Gasteiger partial charge >= 0.3 is 12.1 Å². The van der Waals surface area contributed by atoms with Gasteiger partial charge in [-0.2, -0.15) is 0 Å². The van der Waals surface area contributed by atoms with Crippen molar-refractivity contribution in [2.75, 3.05) is 18.0 Å². The van der Waals surface area contributed by atoms with Gasteiger partial charge in [0.05, 0.1) is 21.6 Å². The van der Waals surface area contributed by atoms with E-state index in [0.29, 0.717) is 25.0 Å². The third-order valence-corrected chi connectivity index (χ3v) is 6.42. The van der Waals surface area contributed by atoms with Crippen LogP contribution in [0.2, 0.25) is 5.02 Å². The summed E-state index contributed by atoms with van der Waals surface area (Å²) in [6, 6.07) is 0.831. The highest BCUT2D eigenvalue weighted by Crippen LogP contribution is 2.42. The van der Waals surface area contributed by atoms with E-state index in [1.165, 1.54) is 6.20 Å². The summed E-state index contributed by atoms with van der Waals surface area (Å²) in [5.41, 5.74) is -1.30. The van der Waals surface area contributed by atoms with Crippen molar-refractivity contribution < 1.29 is 23.8 Å². The Morgan fingerprint density at radius 2 is 1.94 bits per heavy atom. The van der Waals surface area contributed by atoms with Gasteiger partial charge < -0.3 is 24.6 Å². The van der Waals surface area contributed by atoms with Crippen LogP contribution >= 0.6 is 11.6 Å². The number of carboxylic acids is 1. The molecule has 4 rings (SSSR count). The fraction of sp³-hybridized carbons (Fsp3) is 0.542. The predicted molar refractivity (Wildman–Crippen MR) is 128 cm³/mol. The third-order valence-electron chi connectivity index (χ3n) is 6.06. The van der Waals surface area contributed by atoms with Crippen LogP contribution in [0, 0.1) is 5.82 Å². The van der Waals surface area contributed by atoms with Crippen LogP contribution in [0.5, 0.6) is 0 Å². The molecule has 2 N–H and O–H groups in total. The first-order chi connectivity index (χ1) is 16.0. The fourth-order valence-corrected chi connectivity index (χ4v) is 4.86. The summed E-state index contributed by atoms with van der Waals surface area (Å²) < 4.78 is 22.5. The van der Waals surface area contributed by atoms with Crippen molar-refractivity contribution in [3.8, 4) is 0 Å². The highest BCUT2D eigenvalue weighted by atomic mass is 35.5. The van der Waals surface area contributed by atoms with Crippen molar-refractivity contribution in [3.05, 3.63) is 38.9 Å². The number of anilines is 1. The van der Waals surface area contributed by atoms with Gasteiger partial charge in [0.25, 0.3) is 0 Å². The molecular formula is C24H29ClFN3O5. The number of halogens is 2. The van der Waals surface area contributed by atoms with Crippen molar-refractivity contribution in [1.29, 1.82) is 0 Å². The smallest absolute Gasteiger partial charge is 0.407 e. The number of carbonyl (C=O) groups is 2. The fourth-order valence-electron chi connectivity index (χ4n) is 4.45. The molecule has 8 nitrogen and oxygen atoms in total. The van der Waals surface area contributed by atoms with E-state index < -0.39 is 34.5 Å². The zero-order chi connectivity index (χ0) is 24.8. The van der Waals surface area contributed by atoms with Gasteiger partial charge in [-0.25, -0.2) is 14.0 Å². The van der Waals surface area contributed by atoms with Crippen LogP contribution in [0.3, 0.4) is 0 Å². The second kappa shape index (κ2) is 9.09. The van der Waals surface area contributed by atoms with Gasteiger partial charge in [0, 0.05) is 31.4 Å². The lowest BCUT2D eigenvalue weighted by molar-refractivity contribution is 0.0503. The second-order valence-electron chi connectivity index (χ2n) is 10.0. The van der Waals surface area contributed by atoms with E-state index in [0.717, 1.165) is 31.7 Å². The molecule has 0 radical (unpaired) electrons. The Morgan fingerprint density at radius 3 is 2.56 bits per heavy atom. The summed E-state index contributed by atoms with van der Waals surface area (Å²) in [6.07, 6.45) is 4.74. The van der Waals surface area contributed by atoms with E-state index in [2.05, 4.69) is 5.32 Å². The lowest BCUT2D eigenvalue weighted by atomic mass is 10.1. The zero-order valence-electron chi connectivity index (χ0n) is 19.5. The third kappa shape index (κ3) is 4.99. The molecule has 1 aromatic carbocycles. The van der Waals surface area contributed by atoms with E-state index in [1.54, 1.807) is 30.2 Å². The summed E-state index contributed by atoms with van der Waals surface area (Å²) in [6.45, 7) is 6.19. The number of hydrogen-bond donors (Lipinski definition) is 2. The highest BCUT2D eigenvalue weighted by molar-refractivity contribution is 6.38. The molecule has 0 unspecified atom stereocenters. The van der Waals surface area contributed by atoms with E-state index in [1.807, 2.05) is 0 Å². The van der Waals surface area contributed by atoms with Crippen LogP contribution < -0.4 is 15.6 Å². The number of aromatic nitrogens is 1. The number of carboxylic acid groups (broad SMARTS) is 1. The first kappa shape index (κ1) is 24.3. The van der Waals surface area contributed by atoms with Crippen molar-refractivity contribution in [2.45, 2.75) is 70.6 Å². The number of benzene rings is 1. The van der Waals surface area contributed by atoms with E-state index >= 15 is 4.39 Å². The lowest BCUT2D eigenvalue weighted by Crippen LogP contribution is -2.45. The Bertz CT molecular complexity index is 1200. The van der Waals surface area contributed by atoms with Crippen LogP contribution in [0.4, 0.5) is 14.9 Å². The molecule has 1 saturated heterocycles. The van der Waals surface area contributed by atoms with Crippen LogP contribution in [0.25, 0.3) is 10.9 Å². The van der Waals surface area contributed by atoms with Crippen molar-refractivity contribution in [3.63, 3.8) is 0 Å². The number of ether oxygens (including phenoxy) is 1. The molecule has 0 bridgehead atoms. The molecule has 1 saturated carbocycles. The van der Waals surface area contributed by atoms with Gasteiger partial charge in [0.15, 0.2) is 0 Å². The van der Waals surface area contributed by atoms with Crippen molar-refractivity contribution in [2.24, 2.45) is 0 Å². The highest BCUT2D eigenvalue weighted by Gasteiger charge is 2.31. The molecular weight excluding hydrogens is 465 g/mol. The Morgan fingerprint density at radius 1 is 1.24 bits per heavy atom. The molecule has 10 heteroatoms. The summed E-state index contributed by atoms with van der Waals surface area (Å²) in [4.78, 5) is 38.5. The van der Waals surface area contributed by atoms with Crippen LogP contribution in [0.15, 0.2) is 17.1 Å². The van der Waals surface area contributed by atoms with Crippen LogP contribution in [0.1, 0.15) is 69.3 Å². The van der Waals surface area contributed by atoms with Gasteiger partial charge in [-0.05, 0) is 58.9 Å². The second-order valence-corrected chi connectivity index (χ2v) is 10.4. The molecule has 1 aromatic heterocycles. The number of nitrogens with one attached hydrogen (secondary N) is 1. The Labute approximate surface area is 201 Å². The molecule has 1 aliphatic heterocycles. The van der Waals surface area contributed by atoms with Gasteiger partial charge in [-0.3, -0.25) is 4.79 Å². The Hall–Kier alpha value is -2.81. The normalized spacial score (nSPS) is 19.1. The van der Waals surface area contributed by atoms with E-state index in [-0.39, 0.29) is 28.2 Å². The number of pyridine rings is 1. The average Bonchev–Trinajstić information content (AvgIpc) is 3.55.